The normalized spacial score (nSPS) is 22.1. The Labute approximate surface area is 153 Å². The first-order valence-corrected chi connectivity index (χ1v) is 8.95. The molecule has 1 aromatic rings. The van der Waals surface area contributed by atoms with E-state index >= 15 is 0 Å². The third kappa shape index (κ3) is 4.30. The fourth-order valence-corrected chi connectivity index (χ4v) is 3.26. The quantitative estimate of drug-likeness (QED) is 0.850. The zero-order valence-corrected chi connectivity index (χ0v) is 15.2. The molecule has 3 heterocycles. The molecule has 2 N–H and O–H groups in total. The van der Waals surface area contributed by atoms with E-state index in [1.807, 2.05) is 26.0 Å². The van der Waals surface area contributed by atoms with Gasteiger partial charge in [-0.2, -0.15) is 0 Å². The van der Waals surface area contributed by atoms with Gasteiger partial charge in [-0.25, -0.2) is 4.79 Å². The minimum atomic E-state index is -0.587. The number of amides is 3. The maximum Gasteiger partial charge on any atom is 0.317 e. The Balaban J connectivity index is 1.54. The average molecular weight is 359 g/mol. The molecule has 2 aliphatic rings. The number of oxime groups is 1. The molecule has 0 bridgehead atoms. The van der Waals surface area contributed by atoms with E-state index in [0.717, 1.165) is 18.4 Å². The first kappa shape index (κ1) is 18.2. The van der Waals surface area contributed by atoms with Crippen molar-refractivity contribution in [3.8, 4) is 0 Å². The number of nitrogens with one attached hydrogen (secondary N) is 2. The second-order valence-corrected chi connectivity index (χ2v) is 7.16. The fourth-order valence-electron chi connectivity index (χ4n) is 3.26. The minimum Gasteiger partial charge on any atom is -0.386 e. The number of aromatic nitrogens is 1. The zero-order valence-electron chi connectivity index (χ0n) is 15.2. The molecular weight excluding hydrogens is 334 g/mol. The highest BCUT2D eigenvalue weighted by Gasteiger charge is 2.45. The van der Waals surface area contributed by atoms with Crippen LogP contribution in [0.1, 0.15) is 38.7 Å². The van der Waals surface area contributed by atoms with E-state index in [9.17, 15) is 9.59 Å². The highest BCUT2D eigenvalue weighted by atomic mass is 16.7. The Morgan fingerprint density at radius 3 is 2.85 bits per heavy atom. The summed E-state index contributed by atoms with van der Waals surface area (Å²) in [6.45, 7) is 5.40. The number of carbonyl (C=O) groups is 2. The summed E-state index contributed by atoms with van der Waals surface area (Å²) in [5.41, 5.74) is 0.762. The van der Waals surface area contributed by atoms with Crippen molar-refractivity contribution >= 4 is 17.6 Å². The van der Waals surface area contributed by atoms with Crippen molar-refractivity contribution in [2.24, 2.45) is 5.16 Å². The predicted octanol–water partition coefficient (Wildman–Crippen LogP) is 1.43. The van der Waals surface area contributed by atoms with E-state index in [1.165, 1.54) is 0 Å². The van der Waals surface area contributed by atoms with Crippen molar-refractivity contribution in [3.63, 3.8) is 0 Å². The first-order valence-electron chi connectivity index (χ1n) is 8.95. The Bertz CT molecular complexity index is 691. The number of likely N-dealkylation sites (tertiary alicyclic amines) is 1. The summed E-state index contributed by atoms with van der Waals surface area (Å²) < 4.78 is 0. The molecule has 2 aliphatic heterocycles. The molecule has 0 radical (unpaired) electrons. The van der Waals surface area contributed by atoms with E-state index in [-0.39, 0.29) is 18.0 Å². The number of hydrogen-bond acceptors (Lipinski definition) is 5. The molecule has 8 nitrogen and oxygen atoms in total. The van der Waals surface area contributed by atoms with Crippen LogP contribution in [0.15, 0.2) is 29.7 Å². The molecule has 8 heteroatoms. The number of carbonyl (C=O) groups excluding carboxylic acids is 2. The molecule has 1 saturated heterocycles. The third-order valence-corrected chi connectivity index (χ3v) is 4.54. The van der Waals surface area contributed by atoms with Crippen molar-refractivity contribution in [2.75, 3.05) is 13.1 Å². The van der Waals surface area contributed by atoms with Gasteiger partial charge in [-0.1, -0.05) is 5.16 Å². The van der Waals surface area contributed by atoms with Gasteiger partial charge >= 0.3 is 6.03 Å². The van der Waals surface area contributed by atoms with Crippen LogP contribution in [-0.2, 0) is 16.2 Å². The van der Waals surface area contributed by atoms with Gasteiger partial charge in [-0.05, 0) is 44.4 Å². The topological polar surface area (TPSA) is 95.9 Å². The highest BCUT2D eigenvalue weighted by Crippen LogP contribution is 2.33. The lowest BCUT2D eigenvalue weighted by molar-refractivity contribution is -0.115. The van der Waals surface area contributed by atoms with Crippen molar-refractivity contribution in [2.45, 2.75) is 51.3 Å². The van der Waals surface area contributed by atoms with Crippen molar-refractivity contribution in [1.82, 2.24) is 20.5 Å². The maximum absolute atomic E-state index is 12.4. The van der Waals surface area contributed by atoms with Gasteiger partial charge in [0.25, 0.3) is 5.91 Å². The Kier molecular flexibility index (Phi) is 5.39. The number of pyridine rings is 1. The van der Waals surface area contributed by atoms with Gasteiger partial charge in [-0.3, -0.25) is 9.78 Å². The van der Waals surface area contributed by atoms with Crippen LogP contribution < -0.4 is 10.6 Å². The average Bonchev–Trinajstić information content (AvgIpc) is 3.03. The molecule has 1 spiro atoms. The van der Waals surface area contributed by atoms with Gasteiger partial charge in [-0.15, -0.1) is 0 Å². The molecular formula is C18H25N5O3. The first-order chi connectivity index (χ1) is 12.5. The molecule has 3 rings (SSSR count). The fraction of sp³-hybridized carbons (Fsp3) is 0.556. The lowest BCUT2D eigenvalue weighted by atomic mass is 9.88. The van der Waals surface area contributed by atoms with Gasteiger partial charge in [0.2, 0.25) is 0 Å². The van der Waals surface area contributed by atoms with Crippen molar-refractivity contribution in [3.05, 3.63) is 30.1 Å². The number of piperidine rings is 1. The molecule has 1 fully saturated rings. The molecule has 1 aromatic heterocycles. The van der Waals surface area contributed by atoms with Gasteiger partial charge in [0.15, 0.2) is 5.60 Å². The Hall–Kier alpha value is -2.64. The summed E-state index contributed by atoms with van der Waals surface area (Å²) in [6, 6.07) is 3.68. The molecule has 0 aromatic carbocycles. The maximum atomic E-state index is 12.4. The van der Waals surface area contributed by atoms with Crippen LogP contribution in [0.2, 0.25) is 0 Å². The molecule has 140 valence electrons. The number of hydrogen-bond donors (Lipinski definition) is 2. The van der Waals surface area contributed by atoms with E-state index in [1.54, 1.807) is 17.3 Å². The third-order valence-electron chi connectivity index (χ3n) is 4.54. The van der Waals surface area contributed by atoms with E-state index in [0.29, 0.717) is 31.8 Å². The van der Waals surface area contributed by atoms with E-state index in [4.69, 9.17) is 4.84 Å². The lowest BCUT2D eigenvalue weighted by Gasteiger charge is -2.38. The van der Waals surface area contributed by atoms with Crippen LogP contribution in [0.25, 0.3) is 0 Å². The van der Waals surface area contributed by atoms with Crippen LogP contribution in [0, 0.1) is 0 Å². The minimum absolute atomic E-state index is 0.0793. The number of urea groups is 1. The zero-order chi connectivity index (χ0) is 18.6. The summed E-state index contributed by atoms with van der Waals surface area (Å²) in [5.74, 6) is -0.234. The van der Waals surface area contributed by atoms with E-state index < -0.39 is 5.60 Å². The Morgan fingerprint density at radius 2 is 2.12 bits per heavy atom. The van der Waals surface area contributed by atoms with Crippen LogP contribution in [0.5, 0.6) is 0 Å². The standard InChI is InChI=1S/C18H25N5O3/c1-13(2)21-17(25)23-9-3-6-18(12-23)10-15(22-26-18)16(24)20-11-14-4-7-19-8-5-14/h4-5,7-8,13H,3,6,9-12H2,1-2H3,(H,20,24)(H,21,25)/t18-/m1/s1. The van der Waals surface area contributed by atoms with Crippen LogP contribution in [0.3, 0.4) is 0 Å². The molecule has 1 atom stereocenters. The molecule has 0 aliphatic carbocycles. The molecule has 0 saturated carbocycles. The number of rotatable bonds is 4. The van der Waals surface area contributed by atoms with Gasteiger partial charge < -0.3 is 20.4 Å². The monoisotopic (exact) mass is 359 g/mol. The van der Waals surface area contributed by atoms with Crippen molar-refractivity contribution < 1.29 is 14.4 Å². The van der Waals surface area contributed by atoms with E-state index in [2.05, 4.69) is 20.8 Å². The molecule has 0 unspecified atom stereocenters. The Morgan fingerprint density at radius 1 is 1.35 bits per heavy atom. The molecule has 3 amide bonds. The second kappa shape index (κ2) is 7.72. The summed E-state index contributed by atoms with van der Waals surface area (Å²) in [7, 11) is 0. The SMILES string of the molecule is CC(C)NC(=O)N1CCC[C@@]2(CC(C(=O)NCc3ccncc3)=NO2)C1. The lowest BCUT2D eigenvalue weighted by Crippen LogP contribution is -2.54. The van der Waals surface area contributed by atoms with Crippen LogP contribution in [-0.4, -0.2) is 52.3 Å². The second-order valence-electron chi connectivity index (χ2n) is 7.16. The van der Waals surface area contributed by atoms with Crippen LogP contribution in [0.4, 0.5) is 4.79 Å². The summed E-state index contributed by atoms with van der Waals surface area (Å²) in [6.07, 6.45) is 5.40. The molecule has 26 heavy (non-hydrogen) atoms. The largest absolute Gasteiger partial charge is 0.386 e. The smallest absolute Gasteiger partial charge is 0.317 e. The van der Waals surface area contributed by atoms with Crippen LogP contribution >= 0.6 is 0 Å². The highest BCUT2D eigenvalue weighted by molar-refractivity contribution is 6.39. The van der Waals surface area contributed by atoms with Crippen molar-refractivity contribution in [1.29, 1.82) is 0 Å². The summed E-state index contributed by atoms with van der Waals surface area (Å²) >= 11 is 0. The van der Waals surface area contributed by atoms with Gasteiger partial charge in [0.05, 0.1) is 6.54 Å². The van der Waals surface area contributed by atoms with Gasteiger partial charge in [0.1, 0.15) is 5.71 Å². The summed E-state index contributed by atoms with van der Waals surface area (Å²) in [5, 5.41) is 9.77. The predicted molar refractivity (Wildman–Crippen MR) is 96.4 cm³/mol. The van der Waals surface area contributed by atoms with Gasteiger partial charge in [0, 0.05) is 37.9 Å². The number of nitrogens with zero attached hydrogens (tertiary/aromatic N) is 3. The summed E-state index contributed by atoms with van der Waals surface area (Å²) in [4.78, 5) is 36.0.